The van der Waals surface area contributed by atoms with Gasteiger partial charge in [-0.1, -0.05) is 44.2 Å². The largest absolute Gasteiger partial charge is 0.478 e. The predicted octanol–water partition coefficient (Wildman–Crippen LogP) is 4.49. The van der Waals surface area contributed by atoms with Gasteiger partial charge in [0.25, 0.3) is 0 Å². The van der Waals surface area contributed by atoms with Gasteiger partial charge in [0.05, 0.1) is 16.1 Å². The lowest BCUT2D eigenvalue weighted by molar-refractivity contribution is -0.133. The van der Waals surface area contributed by atoms with E-state index in [1.54, 1.807) is 13.8 Å². The maximum atomic E-state index is 11.4. The summed E-state index contributed by atoms with van der Waals surface area (Å²) in [6, 6.07) is 9.65. The molecule has 8 heteroatoms. The molecule has 2 heterocycles. The standard InChI is InChI=1S/C18H20N2O4S2/c1-11(2)13(18(21)22)10-26(23,24)17-15-14(8-9-19-17)20-16(25-15)12-6-4-3-5-7-12/h3-7,10-11,23-24H,8-9H2,1-2H3,(H,21,22). The van der Waals surface area contributed by atoms with Crippen LogP contribution >= 0.6 is 21.9 Å². The molecule has 0 spiro atoms. The molecule has 6 nitrogen and oxygen atoms in total. The number of aromatic nitrogens is 1. The van der Waals surface area contributed by atoms with Gasteiger partial charge in [0.1, 0.15) is 5.01 Å². The molecule has 0 unspecified atom stereocenters. The van der Waals surface area contributed by atoms with E-state index in [2.05, 4.69) is 9.98 Å². The Balaban J connectivity index is 2.03. The van der Waals surface area contributed by atoms with Crippen LogP contribution in [-0.4, -0.2) is 36.8 Å². The highest BCUT2D eigenvalue weighted by molar-refractivity contribution is 8.39. The SMILES string of the molecule is CC(C)C(=CS(O)(O)C1=NCCc2nc(-c3ccccc3)sc21)C(=O)O. The molecule has 3 N–H and O–H groups in total. The number of carbonyl (C=O) groups is 1. The summed E-state index contributed by atoms with van der Waals surface area (Å²) in [5, 5.41) is 11.3. The Kier molecular flexibility index (Phi) is 5.29. The predicted molar refractivity (Wildman–Crippen MR) is 106 cm³/mol. The average Bonchev–Trinajstić information content (AvgIpc) is 3.04. The third-order valence-electron chi connectivity index (χ3n) is 3.96. The number of rotatable bonds is 4. The summed E-state index contributed by atoms with van der Waals surface area (Å²) >= 11 is 1.35. The van der Waals surface area contributed by atoms with Crippen LogP contribution in [0.1, 0.15) is 24.4 Å². The lowest BCUT2D eigenvalue weighted by Crippen LogP contribution is -2.18. The van der Waals surface area contributed by atoms with Crippen molar-refractivity contribution in [3.8, 4) is 10.6 Å². The lowest BCUT2D eigenvalue weighted by atomic mass is 10.1. The molecule has 1 aromatic carbocycles. The highest BCUT2D eigenvalue weighted by atomic mass is 32.3. The Labute approximate surface area is 157 Å². The van der Waals surface area contributed by atoms with Crippen LogP contribution in [0.5, 0.6) is 0 Å². The van der Waals surface area contributed by atoms with Crippen LogP contribution < -0.4 is 0 Å². The van der Waals surface area contributed by atoms with Gasteiger partial charge in [-0.05, 0) is 5.92 Å². The number of benzene rings is 1. The normalized spacial score (nSPS) is 15.6. The first-order valence-electron chi connectivity index (χ1n) is 8.12. The minimum Gasteiger partial charge on any atom is -0.478 e. The molecule has 1 aromatic heterocycles. The third kappa shape index (κ3) is 3.73. The van der Waals surface area contributed by atoms with E-state index in [1.807, 2.05) is 30.3 Å². The van der Waals surface area contributed by atoms with Gasteiger partial charge in [0, 0.05) is 23.9 Å². The summed E-state index contributed by atoms with van der Waals surface area (Å²) in [6.45, 7) is 3.79. The third-order valence-corrected chi connectivity index (χ3v) is 6.73. The molecule has 138 valence electrons. The van der Waals surface area contributed by atoms with E-state index in [0.29, 0.717) is 17.8 Å². The van der Waals surface area contributed by atoms with Crippen molar-refractivity contribution < 1.29 is 19.0 Å². The number of carboxylic acids is 1. The molecule has 0 amide bonds. The quantitative estimate of drug-likeness (QED) is 0.665. The van der Waals surface area contributed by atoms with Crippen molar-refractivity contribution in [1.82, 2.24) is 4.98 Å². The number of aliphatic carboxylic acids is 1. The molecule has 0 atom stereocenters. The lowest BCUT2D eigenvalue weighted by Gasteiger charge is -2.31. The minimum atomic E-state index is -3.48. The highest BCUT2D eigenvalue weighted by Crippen LogP contribution is 2.49. The molecule has 3 rings (SSSR count). The molecule has 2 aromatic rings. The zero-order valence-corrected chi connectivity index (χ0v) is 16.0. The van der Waals surface area contributed by atoms with Gasteiger partial charge in [0.2, 0.25) is 0 Å². The Bertz CT molecular complexity index is 886. The van der Waals surface area contributed by atoms with E-state index < -0.39 is 16.6 Å². The zero-order chi connectivity index (χ0) is 18.9. The van der Waals surface area contributed by atoms with Crippen LogP contribution in [-0.2, 0) is 11.2 Å². The molecular formula is C18H20N2O4S2. The first kappa shape index (κ1) is 18.8. The fourth-order valence-electron chi connectivity index (χ4n) is 2.63. The van der Waals surface area contributed by atoms with E-state index in [0.717, 1.165) is 21.7 Å². The number of fused-ring (bicyclic) bond motifs is 1. The molecule has 0 fully saturated rings. The molecule has 1 aliphatic rings. The van der Waals surface area contributed by atoms with E-state index >= 15 is 0 Å². The van der Waals surface area contributed by atoms with Gasteiger partial charge >= 0.3 is 5.97 Å². The van der Waals surface area contributed by atoms with Crippen molar-refractivity contribution in [2.45, 2.75) is 20.3 Å². The van der Waals surface area contributed by atoms with Crippen molar-refractivity contribution >= 4 is 32.9 Å². The van der Waals surface area contributed by atoms with Crippen molar-refractivity contribution in [1.29, 1.82) is 0 Å². The van der Waals surface area contributed by atoms with Gasteiger partial charge in [0.15, 0.2) is 5.04 Å². The Hall–Kier alpha value is -2.00. The number of nitrogens with zero attached hydrogens (tertiary/aromatic N) is 2. The molecule has 26 heavy (non-hydrogen) atoms. The first-order valence-corrected chi connectivity index (χ1v) is 10.6. The summed E-state index contributed by atoms with van der Waals surface area (Å²) in [7, 11) is -3.48. The maximum Gasteiger partial charge on any atom is 0.333 e. The number of thiazole rings is 1. The number of aliphatic imine (C=N–C) groups is 1. The van der Waals surface area contributed by atoms with E-state index in [1.165, 1.54) is 11.3 Å². The van der Waals surface area contributed by atoms with E-state index in [4.69, 9.17) is 0 Å². The van der Waals surface area contributed by atoms with Crippen molar-refractivity contribution in [2.24, 2.45) is 10.9 Å². The summed E-state index contributed by atoms with van der Waals surface area (Å²) < 4.78 is 21.4. The van der Waals surface area contributed by atoms with Crippen LogP contribution in [0.2, 0.25) is 0 Å². The number of hydrogen-bond acceptors (Lipinski definition) is 6. The van der Waals surface area contributed by atoms with Gasteiger partial charge < -0.3 is 5.11 Å². The van der Waals surface area contributed by atoms with Crippen molar-refractivity contribution in [2.75, 3.05) is 6.54 Å². The summed E-state index contributed by atoms with van der Waals surface area (Å²) in [4.78, 5) is 21.0. The summed E-state index contributed by atoms with van der Waals surface area (Å²) in [5.41, 5.74) is 1.69. The van der Waals surface area contributed by atoms with Crippen LogP contribution in [0.25, 0.3) is 10.6 Å². The zero-order valence-electron chi connectivity index (χ0n) is 14.4. The first-order chi connectivity index (χ1) is 12.3. The second-order valence-corrected chi connectivity index (χ2v) is 9.03. The summed E-state index contributed by atoms with van der Waals surface area (Å²) in [5.74, 6) is -1.51. The van der Waals surface area contributed by atoms with Gasteiger partial charge in [-0.15, -0.1) is 21.9 Å². The minimum absolute atomic E-state index is 0.0346. The second-order valence-electron chi connectivity index (χ2n) is 6.22. The topological polar surface area (TPSA) is 103 Å². The van der Waals surface area contributed by atoms with Crippen LogP contribution in [0, 0.1) is 5.92 Å². The monoisotopic (exact) mass is 392 g/mol. The smallest absolute Gasteiger partial charge is 0.333 e. The van der Waals surface area contributed by atoms with Gasteiger partial charge in [-0.2, -0.15) is 0 Å². The molecule has 0 saturated heterocycles. The van der Waals surface area contributed by atoms with E-state index in [-0.39, 0.29) is 16.5 Å². The molecule has 0 radical (unpaired) electrons. The maximum absolute atomic E-state index is 11.4. The molecule has 1 aliphatic heterocycles. The van der Waals surface area contributed by atoms with Crippen LogP contribution in [0.3, 0.4) is 0 Å². The molecule has 0 aliphatic carbocycles. The second kappa shape index (κ2) is 7.32. The van der Waals surface area contributed by atoms with Crippen LogP contribution in [0.15, 0.2) is 46.3 Å². The Morgan fingerprint density at radius 3 is 2.58 bits per heavy atom. The number of carboxylic acid groups (broad SMARTS) is 1. The molecule has 0 saturated carbocycles. The number of hydrogen-bond donors (Lipinski definition) is 3. The van der Waals surface area contributed by atoms with Gasteiger partial charge in [-0.25, -0.2) is 9.78 Å². The molecule has 0 bridgehead atoms. The van der Waals surface area contributed by atoms with Crippen molar-refractivity contribution in [3.05, 3.63) is 51.9 Å². The molecular weight excluding hydrogens is 372 g/mol. The summed E-state index contributed by atoms with van der Waals surface area (Å²) in [6.07, 6.45) is 0.622. The Morgan fingerprint density at radius 1 is 1.27 bits per heavy atom. The average molecular weight is 393 g/mol. The fourth-order valence-corrected chi connectivity index (χ4v) is 5.65. The van der Waals surface area contributed by atoms with Crippen molar-refractivity contribution in [3.63, 3.8) is 0 Å². The van der Waals surface area contributed by atoms with Gasteiger partial charge in [-0.3, -0.25) is 14.1 Å². The van der Waals surface area contributed by atoms with Crippen LogP contribution in [0.4, 0.5) is 0 Å². The fraction of sp³-hybridized carbons (Fsp3) is 0.278. The highest BCUT2D eigenvalue weighted by Gasteiger charge is 2.30. The Morgan fingerprint density at radius 2 is 1.96 bits per heavy atom. The van der Waals surface area contributed by atoms with E-state index in [9.17, 15) is 19.0 Å².